The van der Waals surface area contributed by atoms with Crippen molar-refractivity contribution in [3.63, 3.8) is 0 Å². The first-order valence-corrected chi connectivity index (χ1v) is 7.64. The molecule has 1 aliphatic carbocycles. The number of hydrogen-bond acceptors (Lipinski definition) is 5. The van der Waals surface area contributed by atoms with Gasteiger partial charge >= 0.3 is 0 Å². The van der Waals surface area contributed by atoms with Gasteiger partial charge in [0, 0.05) is 13.1 Å². The lowest BCUT2D eigenvalue weighted by atomic mass is 10.0. The van der Waals surface area contributed by atoms with Crippen molar-refractivity contribution in [3.05, 3.63) is 10.8 Å². The Morgan fingerprint density at radius 2 is 1.89 bits per heavy atom. The van der Waals surface area contributed by atoms with E-state index in [9.17, 15) is 5.11 Å². The molecule has 5 nitrogen and oxygen atoms in total. The molecule has 0 unspecified atom stereocenters. The van der Waals surface area contributed by atoms with Crippen LogP contribution in [0.5, 0.6) is 0 Å². The molecule has 0 atom stereocenters. The zero-order valence-electron chi connectivity index (χ0n) is 11.2. The van der Waals surface area contributed by atoms with Crippen LogP contribution in [0.2, 0.25) is 0 Å². The lowest BCUT2D eigenvalue weighted by Crippen LogP contribution is -2.33. The van der Waals surface area contributed by atoms with E-state index in [0.717, 1.165) is 54.8 Å². The van der Waals surface area contributed by atoms with E-state index < -0.39 is 5.60 Å². The van der Waals surface area contributed by atoms with Crippen molar-refractivity contribution in [2.24, 2.45) is 0 Å². The molecule has 0 aliphatic heterocycles. The van der Waals surface area contributed by atoms with E-state index in [1.807, 2.05) is 0 Å². The SMILES string of the molecule is CCCNc1ncnc(NCC2(O)CCCC2)c1Br. The Labute approximate surface area is 122 Å². The highest BCUT2D eigenvalue weighted by Crippen LogP contribution is 2.31. The van der Waals surface area contributed by atoms with Gasteiger partial charge in [-0.05, 0) is 35.2 Å². The van der Waals surface area contributed by atoms with Gasteiger partial charge in [-0.15, -0.1) is 0 Å². The number of hydrogen-bond donors (Lipinski definition) is 3. The molecule has 0 bridgehead atoms. The van der Waals surface area contributed by atoms with Crippen molar-refractivity contribution in [2.75, 3.05) is 23.7 Å². The number of halogens is 1. The van der Waals surface area contributed by atoms with Crippen molar-refractivity contribution in [1.29, 1.82) is 0 Å². The van der Waals surface area contributed by atoms with Crippen molar-refractivity contribution in [3.8, 4) is 0 Å². The largest absolute Gasteiger partial charge is 0.388 e. The Morgan fingerprint density at radius 1 is 1.26 bits per heavy atom. The first kappa shape index (κ1) is 14.5. The minimum absolute atomic E-state index is 0.538. The molecule has 0 spiro atoms. The van der Waals surface area contributed by atoms with Gasteiger partial charge in [0.25, 0.3) is 0 Å². The number of aliphatic hydroxyl groups is 1. The molecule has 19 heavy (non-hydrogen) atoms. The molecule has 1 aromatic rings. The van der Waals surface area contributed by atoms with Crippen LogP contribution in [-0.2, 0) is 0 Å². The fourth-order valence-electron chi connectivity index (χ4n) is 2.32. The van der Waals surface area contributed by atoms with Crippen LogP contribution in [0.3, 0.4) is 0 Å². The summed E-state index contributed by atoms with van der Waals surface area (Å²) in [5, 5.41) is 16.8. The van der Waals surface area contributed by atoms with Gasteiger partial charge in [0.15, 0.2) is 0 Å². The first-order chi connectivity index (χ1) is 9.14. The fraction of sp³-hybridized carbons (Fsp3) is 0.692. The fourth-order valence-corrected chi connectivity index (χ4v) is 2.80. The predicted molar refractivity (Wildman–Crippen MR) is 80.4 cm³/mol. The maximum atomic E-state index is 10.3. The molecule has 1 aromatic heterocycles. The third-order valence-electron chi connectivity index (χ3n) is 3.45. The van der Waals surface area contributed by atoms with Gasteiger partial charge in [0.1, 0.15) is 22.4 Å². The Morgan fingerprint density at radius 3 is 2.53 bits per heavy atom. The highest BCUT2D eigenvalue weighted by Gasteiger charge is 2.31. The standard InChI is InChI=1S/C13H21BrN4O/c1-2-7-15-11-10(14)12(18-9-17-11)16-8-13(19)5-3-4-6-13/h9,19H,2-8H2,1H3,(H2,15,16,17,18). The summed E-state index contributed by atoms with van der Waals surface area (Å²) in [4.78, 5) is 8.42. The number of nitrogens with one attached hydrogen (secondary N) is 2. The van der Waals surface area contributed by atoms with E-state index in [0.29, 0.717) is 6.54 Å². The zero-order chi connectivity index (χ0) is 13.7. The number of anilines is 2. The van der Waals surface area contributed by atoms with E-state index >= 15 is 0 Å². The molecule has 2 rings (SSSR count). The molecule has 0 aromatic carbocycles. The van der Waals surface area contributed by atoms with E-state index in [2.05, 4.69) is 43.5 Å². The van der Waals surface area contributed by atoms with Gasteiger partial charge in [-0.3, -0.25) is 0 Å². The zero-order valence-corrected chi connectivity index (χ0v) is 12.8. The normalized spacial score (nSPS) is 17.4. The van der Waals surface area contributed by atoms with Gasteiger partial charge in [-0.1, -0.05) is 19.8 Å². The Kier molecular flexibility index (Phi) is 4.99. The summed E-state index contributed by atoms with van der Waals surface area (Å²) >= 11 is 3.51. The van der Waals surface area contributed by atoms with Crippen LogP contribution < -0.4 is 10.6 Å². The molecule has 0 radical (unpaired) electrons. The molecule has 6 heteroatoms. The second-order valence-electron chi connectivity index (χ2n) is 5.10. The molecule has 1 saturated carbocycles. The molecular formula is C13H21BrN4O. The predicted octanol–water partition coefficient (Wildman–Crippen LogP) is 2.78. The van der Waals surface area contributed by atoms with E-state index in [1.165, 1.54) is 6.33 Å². The average molecular weight is 329 g/mol. The average Bonchev–Trinajstić information content (AvgIpc) is 2.84. The summed E-state index contributed by atoms with van der Waals surface area (Å²) < 4.78 is 0.824. The molecule has 1 aliphatic rings. The van der Waals surface area contributed by atoms with Crippen LogP contribution in [0.15, 0.2) is 10.8 Å². The molecule has 1 fully saturated rings. The highest BCUT2D eigenvalue weighted by molar-refractivity contribution is 9.10. The molecule has 3 N–H and O–H groups in total. The molecular weight excluding hydrogens is 308 g/mol. The third kappa shape index (κ3) is 3.79. The Balaban J connectivity index is 1.99. The Bertz CT molecular complexity index is 421. The third-order valence-corrected chi connectivity index (χ3v) is 4.20. The lowest BCUT2D eigenvalue weighted by Gasteiger charge is -2.23. The summed E-state index contributed by atoms with van der Waals surface area (Å²) in [6, 6.07) is 0. The monoisotopic (exact) mass is 328 g/mol. The summed E-state index contributed by atoms with van der Waals surface area (Å²) in [5.74, 6) is 1.52. The summed E-state index contributed by atoms with van der Waals surface area (Å²) in [7, 11) is 0. The lowest BCUT2D eigenvalue weighted by molar-refractivity contribution is 0.0614. The van der Waals surface area contributed by atoms with Crippen LogP contribution in [0.25, 0.3) is 0 Å². The second kappa shape index (κ2) is 6.52. The minimum atomic E-state index is -0.582. The van der Waals surface area contributed by atoms with Gasteiger partial charge in [0.2, 0.25) is 0 Å². The molecule has 0 amide bonds. The summed E-state index contributed by atoms with van der Waals surface area (Å²) in [6.07, 6.45) is 6.51. The topological polar surface area (TPSA) is 70.1 Å². The summed E-state index contributed by atoms with van der Waals surface area (Å²) in [6.45, 7) is 3.52. The van der Waals surface area contributed by atoms with E-state index in [1.54, 1.807) is 0 Å². The van der Waals surface area contributed by atoms with E-state index in [4.69, 9.17) is 0 Å². The minimum Gasteiger partial charge on any atom is -0.388 e. The Hall–Kier alpha value is -0.880. The van der Waals surface area contributed by atoms with Crippen LogP contribution >= 0.6 is 15.9 Å². The smallest absolute Gasteiger partial charge is 0.146 e. The first-order valence-electron chi connectivity index (χ1n) is 6.85. The van der Waals surface area contributed by atoms with Gasteiger partial charge < -0.3 is 15.7 Å². The van der Waals surface area contributed by atoms with Crippen LogP contribution in [0.1, 0.15) is 39.0 Å². The van der Waals surface area contributed by atoms with Gasteiger partial charge in [-0.25, -0.2) is 9.97 Å². The molecule has 106 valence electrons. The van der Waals surface area contributed by atoms with Crippen LogP contribution in [0, 0.1) is 0 Å². The highest BCUT2D eigenvalue weighted by atomic mass is 79.9. The summed E-state index contributed by atoms with van der Waals surface area (Å²) in [5.41, 5.74) is -0.582. The van der Waals surface area contributed by atoms with E-state index in [-0.39, 0.29) is 0 Å². The van der Waals surface area contributed by atoms with Crippen molar-refractivity contribution in [1.82, 2.24) is 9.97 Å². The van der Waals surface area contributed by atoms with Crippen molar-refractivity contribution >= 4 is 27.6 Å². The van der Waals surface area contributed by atoms with Crippen LogP contribution in [0.4, 0.5) is 11.6 Å². The van der Waals surface area contributed by atoms with Crippen molar-refractivity contribution in [2.45, 2.75) is 44.6 Å². The molecule has 1 heterocycles. The second-order valence-corrected chi connectivity index (χ2v) is 5.89. The number of rotatable bonds is 6. The maximum Gasteiger partial charge on any atom is 0.146 e. The van der Waals surface area contributed by atoms with Gasteiger partial charge in [-0.2, -0.15) is 0 Å². The van der Waals surface area contributed by atoms with Crippen LogP contribution in [-0.4, -0.2) is 33.8 Å². The quantitative estimate of drug-likeness (QED) is 0.749. The molecule has 0 saturated heterocycles. The maximum absolute atomic E-state index is 10.3. The number of nitrogens with zero attached hydrogens (tertiary/aromatic N) is 2. The van der Waals surface area contributed by atoms with Crippen molar-refractivity contribution < 1.29 is 5.11 Å². The van der Waals surface area contributed by atoms with Gasteiger partial charge in [0.05, 0.1) is 5.60 Å². The number of aromatic nitrogens is 2.